The molecular formula is C21H23ClN4OS2. The summed E-state index contributed by atoms with van der Waals surface area (Å²) in [6.07, 6.45) is 1.80. The standard InChI is InChI=1S/C21H23ClN4OS2/c1-14(2)19-20(29-17-9-6-7-15(22)11-17)26(12-16-8-4-5-10-24-16)18(25-19)13-27-21(28)23-3/h4-11,14H,12-13H2,1-3H3,(H,23,28). The van der Waals surface area contributed by atoms with Crippen LogP contribution in [-0.4, -0.2) is 26.8 Å². The zero-order valence-electron chi connectivity index (χ0n) is 16.6. The summed E-state index contributed by atoms with van der Waals surface area (Å²) >= 11 is 13.0. The van der Waals surface area contributed by atoms with Crippen LogP contribution in [0.5, 0.6) is 0 Å². The lowest BCUT2D eigenvalue weighted by molar-refractivity contribution is 0.272. The van der Waals surface area contributed by atoms with Crippen molar-refractivity contribution >= 4 is 40.8 Å². The van der Waals surface area contributed by atoms with Crippen LogP contribution in [0.25, 0.3) is 0 Å². The van der Waals surface area contributed by atoms with Crippen molar-refractivity contribution in [1.82, 2.24) is 19.9 Å². The van der Waals surface area contributed by atoms with Crippen molar-refractivity contribution in [1.29, 1.82) is 0 Å². The number of benzene rings is 1. The van der Waals surface area contributed by atoms with Crippen LogP contribution < -0.4 is 5.32 Å². The van der Waals surface area contributed by atoms with Gasteiger partial charge in [0.25, 0.3) is 5.17 Å². The maximum absolute atomic E-state index is 6.20. The topological polar surface area (TPSA) is 52.0 Å². The van der Waals surface area contributed by atoms with E-state index in [0.717, 1.165) is 27.1 Å². The molecule has 0 spiro atoms. The fraction of sp³-hybridized carbons (Fsp3) is 0.286. The predicted molar refractivity (Wildman–Crippen MR) is 122 cm³/mol. The van der Waals surface area contributed by atoms with E-state index >= 15 is 0 Å². The van der Waals surface area contributed by atoms with Crippen molar-refractivity contribution < 1.29 is 4.74 Å². The van der Waals surface area contributed by atoms with Crippen LogP contribution >= 0.6 is 35.6 Å². The van der Waals surface area contributed by atoms with Crippen LogP contribution in [0.2, 0.25) is 5.02 Å². The lowest BCUT2D eigenvalue weighted by atomic mass is 10.1. The van der Waals surface area contributed by atoms with E-state index in [9.17, 15) is 0 Å². The molecule has 3 rings (SSSR count). The Hall–Kier alpha value is -2.09. The summed E-state index contributed by atoms with van der Waals surface area (Å²) in [7, 11) is 1.74. The zero-order chi connectivity index (χ0) is 20.8. The number of halogens is 1. The first-order valence-electron chi connectivity index (χ1n) is 9.25. The molecule has 0 aliphatic rings. The molecule has 5 nitrogen and oxygen atoms in total. The Balaban J connectivity index is 2.04. The van der Waals surface area contributed by atoms with Crippen molar-refractivity contribution in [2.24, 2.45) is 0 Å². The smallest absolute Gasteiger partial charge is 0.256 e. The Morgan fingerprint density at radius 2 is 2.10 bits per heavy atom. The molecule has 0 atom stereocenters. The van der Waals surface area contributed by atoms with Gasteiger partial charge in [-0.05, 0) is 48.5 Å². The van der Waals surface area contributed by atoms with Gasteiger partial charge < -0.3 is 14.6 Å². The van der Waals surface area contributed by atoms with E-state index in [1.54, 1.807) is 25.0 Å². The van der Waals surface area contributed by atoms with Gasteiger partial charge in [0.1, 0.15) is 17.5 Å². The third-order valence-corrected chi connectivity index (χ3v) is 5.84. The lowest BCUT2D eigenvalue weighted by Crippen LogP contribution is -2.20. The summed E-state index contributed by atoms with van der Waals surface area (Å²) < 4.78 is 7.81. The van der Waals surface area contributed by atoms with Crippen LogP contribution in [0.1, 0.15) is 37.0 Å². The van der Waals surface area contributed by atoms with Gasteiger partial charge in [0.05, 0.1) is 17.9 Å². The molecule has 2 aromatic heterocycles. The fourth-order valence-corrected chi connectivity index (χ4v) is 4.29. The summed E-state index contributed by atoms with van der Waals surface area (Å²) in [4.78, 5) is 10.4. The molecule has 29 heavy (non-hydrogen) atoms. The Morgan fingerprint density at radius 1 is 1.28 bits per heavy atom. The summed E-state index contributed by atoms with van der Waals surface area (Å²) in [5.74, 6) is 1.05. The number of nitrogens with one attached hydrogen (secondary N) is 1. The maximum Gasteiger partial charge on any atom is 0.256 e. The molecule has 1 aromatic carbocycles. The van der Waals surface area contributed by atoms with E-state index in [1.165, 1.54) is 0 Å². The molecule has 0 saturated carbocycles. The number of pyridine rings is 1. The van der Waals surface area contributed by atoms with E-state index in [-0.39, 0.29) is 12.5 Å². The molecule has 0 amide bonds. The first kappa shape index (κ1) is 21.6. The molecule has 2 heterocycles. The lowest BCUT2D eigenvalue weighted by Gasteiger charge is -2.14. The molecule has 0 aliphatic heterocycles. The van der Waals surface area contributed by atoms with E-state index in [1.807, 2.05) is 42.5 Å². The number of hydrogen-bond acceptors (Lipinski definition) is 5. The van der Waals surface area contributed by atoms with Gasteiger partial charge in [-0.2, -0.15) is 0 Å². The number of ether oxygens (including phenoxy) is 1. The van der Waals surface area contributed by atoms with Crippen LogP contribution in [0.3, 0.4) is 0 Å². The van der Waals surface area contributed by atoms with Gasteiger partial charge in [0.2, 0.25) is 0 Å². The Morgan fingerprint density at radius 3 is 2.76 bits per heavy atom. The van der Waals surface area contributed by atoms with Crippen molar-refractivity contribution in [3.05, 3.63) is 70.9 Å². The molecule has 0 radical (unpaired) electrons. The Bertz CT molecular complexity index is 976. The van der Waals surface area contributed by atoms with Gasteiger partial charge in [-0.15, -0.1) is 0 Å². The average molecular weight is 447 g/mol. The molecule has 0 saturated heterocycles. The third kappa shape index (κ3) is 5.72. The largest absolute Gasteiger partial charge is 0.463 e. The highest BCUT2D eigenvalue weighted by Gasteiger charge is 2.21. The number of aromatic nitrogens is 3. The first-order chi connectivity index (χ1) is 14.0. The minimum Gasteiger partial charge on any atom is -0.463 e. The minimum absolute atomic E-state index is 0.247. The van der Waals surface area contributed by atoms with Gasteiger partial charge in [0.15, 0.2) is 0 Å². The number of imidazole rings is 1. The molecule has 0 fully saturated rings. The van der Waals surface area contributed by atoms with E-state index < -0.39 is 0 Å². The number of thiocarbonyl (C=S) groups is 1. The molecule has 0 unspecified atom stereocenters. The number of rotatable bonds is 7. The van der Waals surface area contributed by atoms with Crippen molar-refractivity contribution in [3.8, 4) is 0 Å². The van der Waals surface area contributed by atoms with Crippen molar-refractivity contribution in [2.75, 3.05) is 7.05 Å². The molecule has 0 bridgehead atoms. The van der Waals surface area contributed by atoms with E-state index in [0.29, 0.717) is 16.7 Å². The van der Waals surface area contributed by atoms with Gasteiger partial charge >= 0.3 is 0 Å². The second-order valence-electron chi connectivity index (χ2n) is 6.67. The van der Waals surface area contributed by atoms with Crippen molar-refractivity contribution in [3.63, 3.8) is 0 Å². The highest BCUT2D eigenvalue weighted by molar-refractivity contribution is 7.99. The quantitative estimate of drug-likeness (QED) is 0.498. The fourth-order valence-electron chi connectivity index (χ4n) is 2.76. The summed E-state index contributed by atoms with van der Waals surface area (Å²) in [6, 6.07) is 13.7. The SMILES string of the molecule is CNC(=S)OCc1nc(C(C)C)c(Sc2cccc(Cl)c2)n1Cc1ccccn1. The molecule has 1 N–H and O–H groups in total. The normalized spacial score (nSPS) is 10.9. The van der Waals surface area contributed by atoms with Crippen LogP contribution in [-0.2, 0) is 17.9 Å². The molecule has 8 heteroatoms. The summed E-state index contributed by atoms with van der Waals surface area (Å²) in [5.41, 5.74) is 1.96. The van der Waals surface area contributed by atoms with Gasteiger partial charge in [0, 0.05) is 23.2 Å². The predicted octanol–water partition coefficient (Wildman–Crippen LogP) is 5.28. The second-order valence-corrected chi connectivity index (χ2v) is 8.54. The molecule has 3 aromatic rings. The van der Waals surface area contributed by atoms with Gasteiger partial charge in [-0.3, -0.25) is 4.98 Å². The molecule has 0 aliphatic carbocycles. The third-order valence-electron chi connectivity index (χ3n) is 4.17. The summed E-state index contributed by atoms with van der Waals surface area (Å²) in [5, 5.41) is 4.94. The highest BCUT2D eigenvalue weighted by Crippen LogP contribution is 2.36. The summed E-state index contributed by atoms with van der Waals surface area (Å²) in [6.45, 7) is 5.15. The number of hydrogen-bond donors (Lipinski definition) is 1. The average Bonchev–Trinajstić information content (AvgIpc) is 3.04. The molecular weight excluding hydrogens is 424 g/mol. The van der Waals surface area contributed by atoms with Crippen LogP contribution in [0.15, 0.2) is 58.6 Å². The monoisotopic (exact) mass is 446 g/mol. The molecule has 152 valence electrons. The van der Waals surface area contributed by atoms with Gasteiger partial charge in [-0.25, -0.2) is 4.98 Å². The van der Waals surface area contributed by atoms with E-state index in [4.69, 9.17) is 33.5 Å². The highest BCUT2D eigenvalue weighted by atomic mass is 35.5. The Kier molecular flexibility index (Phi) is 7.52. The van der Waals surface area contributed by atoms with Crippen LogP contribution in [0.4, 0.5) is 0 Å². The van der Waals surface area contributed by atoms with Crippen LogP contribution in [0, 0.1) is 0 Å². The first-order valence-corrected chi connectivity index (χ1v) is 10.8. The maximum atomic E-state index is 6.20. The Labute approximate surface area is 185 Å². The van der Waals surface area contributed by atoms with E-state index in [2.05, 4.69) is 28.7 Å². The van der Waals surface area contributed by atoms with Crippen molar-refractivity contribution in [2.45, 2.75) is 42.8 Å². The number of nitrogens with zero attached hydrogens (tertiary/aromatic N) is 3. The second kappa shape index (κ2) is 10.1. The zero-order valence-corrected chi connectivity index (χ0v) is 18.9. The minimum atomic E-state index is 0.247. The van der Waals surface area contributed by atoms with Gasteiger partial charge in [-0.1, -0.05) is 49.3 Å².